The van der Waals surface area contributed by atoms with Crippen molar-refractivity contribution in [2.45, 2.75) is 50.9 Å². The molecule has 49 heavy (non-hydrogen) atoms. The van der Waals surface area contributed by atoms with Crippen molar-refractivity contribution in [2.24, 2.45) is 5.41 Å². The first-order chi connectivity index (χ1) is 22.2. The van der Waals surface area contributed by atoms with Crippen LogP contribution in [-0.4, -0.2) is 147 Å². The third-order valence-corrected chi connectivity index (χ3v) is 9.83. The summed E-state index contributed by atoms with van der Waals surface area (Å²) in [5, 5.41) is 26.1. The van der Waals surface area contributed by atoms with Crippen molar-refractivity contribution in [1.29, 1.82) is 0 Å². The number of nitrogens with zero attached hydrogens (tertiary/aromatic N) is 4. The number of amides is 2. The van der Waals surface area contributed by atoms with Gasteiger partial charge in [-0.3, -0.25) is 27.7 Å². The fourth-order valence-corrected chi connectivity index (χ4v) is 7.08. The number of anilines is 1. The first-order valence-electron chi connectivity index (χ1n) is 13.7. The van der Waals surface area contributed by atoms with Crippen molar-refractivity contribution in [2.75, 3.05) is 37.8 Å². The maximum atomic E-state index is 12.6. The van der Waals surface area contributed by atoms with Crippen molar-refractivity contribution in [3.63, 3.8) is 0 Å². The van der Waals surface area contributed by atoms with Gasteiger partial charge in [-0.2, -0.15) is 16.9 Å². The molecular formula is C21H36N7NaO16P3S. The summed E-state index contributed by atoms with van der Waals surface area (Å²) < 4.78 is 61.7. The van der Waals surface area contributed by atoms with Crippen molar-refractivity contribution in [3.8, 4) is 0 Å². The fourth-order valence-electron chi connectivity index (χ4n) is 4.14. The van der Waals surface area contributed by atoms with E-state index in [2.05, 4.69) is 47.0 Å². The van der Waals surface area contributed by atoms with Crippen LogP contribution in [0.15, 0.2) is 12.7 Å². The molecule has 7 unspecified atom stereocenters. The molecule has 1 aliphatic heterocycles. The molecule has 1 saturated heterocycles. The van der Waals surface area contributed by atoms with Gasteiger partial charge in [0.1, 0.15) is 36.3 Å². The predicted molar refractivity (Wildman–Crippen MR) is 169 cm³/mol. The van der Waals surface area contributed by atoms with Gasteiger partial charge in [0.2, 0.25) is 11.8 Å². The number of nitrogens with one attached hydrogen (secondary N) is 2. The fraction of sp³-hybridized carbons (Fsp3) is 0.667. The summed E-state index contributed by atoms with van der Waals surface area (Å²) in [6, 6.07) is 0. The molecule has 0 spiro atoms. The Morgan fingerprint density at radius 2 is 1.76 bits per heavy atom. The summed E-state index contributed by atoms with van der Waals surface area (Å²) in [5.41, 5.74) is 4.30. The second-order valence-electron chi connectivity index (χ2n) is 10.8. The number of nitrogen functional groups attached to an aromatic ring is 1. The van der Waals surface area contributed by atoms with Crippen LogP contribution in [0.5, 0.6) is 0 Å². The van der Waals surface area contributed by atoms with Gasteiger partial charge in [-0.1, -0.05) is 13.8 Å². The summed E-state index contributed by atoms with van der Waals surface area (Å²) in [4.78, 5) is 74.6. The molecule has 0 aliphatic carbocycles. The number of aliphatic hydroxyl groups is 2. The van der Waals surface area contributed by atoms with Crippen LogP contribution in [-0.2, 0) is 45.9 Å². The number of aromatic nitrogens is 4. The first kappa shape index (κ1) is 44.1. The second-order valence-corrected chi connectivity index (χ2v) is 15.5. The Kier molecular flexibility index (Phi) is 16.3. The largest absolute Gasteiger partial charge is 0.481 e. The smallest absolute Gasteiger partial charge is 0.386 e. The maximum Gasteiger partial charge on any atom is 0.481 e. The van der Waals surface area contributed by atoms with E-state index in [1.807, 2.05) is 0 Å². The molecule has 3 rings (SSSR count). The normalized spacial score (nSPS) is 22.9. The van der Waals surface area contributed by atoms with Crippen LogP contribution in [0.4, 0.5) is 5.82 Å². The van der Waals surface area contributed by atoms with E-state index in [9.17, 15) is 53.1 Å². The van der Waals surface area contributed by atoms with E-state index in [-0.39, 0.29) is 65.4 Å². The summed E-state index contributed by atoms with van der Waals surface area (Å²) in [6.07, 6.45) is -6.74. The molecule has 23 nitrogen and oxygen atoms in total. The molecular weight excluding hydrogens is 754 g/mol. The number of imidazole rings is 1. The van der Waals surface area contributed by atoms with Crippen molar-refractivity contribution < 1.29 is 75.7 Å². The van der Waals surface area contributed by atoms with Crippen LogP contribution in [0, 0.1) is 5.41 Å². The molecule has 0 aromatic carbocycles. The van der Waals surface area contributed by atoms with Gasteiger partial charge in [-0.25, -0.2) is 28.6 Å². The Balaban J connectivity index is 0.00000833. The number of carbonyl (C=O) groups is 2. The van der Waals surface area contributed by atoms with Gasteiger partial charge >= 0.3 is 23.5 Å². The topological polar surface area (TPSA) is 347 Å². The van der Waals surface area contributed by atoms with Crippen LogP contribution in [0.25, 0.3) is 11.2 Å². The molecule has 0 bridgehead atoms. The van der Waals surface area contributed by atoms with Crippen LogP contribution in [0.1, 0.15) is 26.5 Å². The van der Waals surface area contributed by atoms with E-state index in [1.165, 1.54) is 13.8 Å². The average molecular weight is 791 g/mol. The van der Waals surface area contributed by atoms with Gasteiger partial charge in [0, 0.05) is 60.2 Å². The Morgan fingerprint density at radius 1 is 1.10 bits per heavy atom. The number of hydrogen-bond donors (Lipinski definition) is 10. The number of carbonyl (C=O) groups excluding carboxylic acids is 2. The van der Waals surface area contributed by atoms with Gasteiger partial charge < -0.3 is 50.9 Å². The maximum absolute atomic E-state index is 12.6. The van der Waals surface area contributed by atoms with E-state index in [1.54, 1.807) is 0 Å². The quantitative estimate of drug-likeness (QED) is 0.0441. The summed E-state index contributed by atoms with van der Waals surface area (Å²) >= 11 is 3.95. The first-order valence-corrected chi connectivity index (χ1v) is 18.8. The molecule has 273 valence electrons. The Bertz CT molecular complexity index is 1600. The van der Waals surface area contributed by atoms with Gasteiger partial charge in [-0.15, -0.1) is 0 Å². The molecule has 0 saturated carbocycles. The molecule has 2 aromatic rings. The number of phosphoric ester groups is 3. The Hall–Kier alpha value is -1.11. The zero-order chi connectivity index (χ0) is 36.1. The van der Waals surface area contributed by atoms with Gasteiger partial charge in [-0.05, 0) is 0 Å². The van der Waals surface area contributed by atoms with Crippen molar-refractivity contribution in [1.82, 2.24) is 30.2 Å². The molecule has 2 amide bonds. The van der Waals surface area contributed by atoms with Gasteiger partial charge in [0.15, 0.2) is 17.7 Å². The molecule has 1 radical (unpaired) electrons. The van der Waals surface area contributed by atoms with Crippen molar-refractivity contribution >= 4 is 94.5 Å². The molecule has 3 heterocycles. The Labute approximate surface area is 305 Å². The van der Waals surface area contributed by atoms with Crippen LogP contribution >= 0.6 is 36.1 Å². The molecule has 28 heteroatoms. The zero-order valence-corrected chi connectivity index (χ0v) is 31.8. The molecule has 10 N–H and O–H groups in total. The van der Waals surface area contributed by atoms with Crippen LogP contribution in [0.2, 0.25) is 0 Å². The third-order valence-electron chi connectivity index (χ3n) is 6.51. The summed E-state index contributed by atoms with van der Waals surface area (Å²) in [7, 11) is -16.3. The minimum Gasteiger partial charge on any atom is -0.386 e. The summed E-state index contributed by atoms with van der Waals surface area (Å²) in [6.45, 7) is 0.723. The van der Waals surface area contributed by atoms with E-state index < -0.39 is 78.6 Å². The van der Waals surface area contributed by atoms with Crippen molar-refractivity contribution in [3.05, 3.63) is 12.7 Å². The van der Waals surface area contributed by atoms with Gasteiger partial charge in [0.25, 0.3) is 0 Å². The molecule has 1 aliphatic rings. The number of nitrogens with two attached hydrogens (primary N) is 1. The van der Waals surface area contributed by atoms with E-state index in [0.29, 0.717) is 12.3 Å². The van der Waals surface area contributed by atoms with E-state index in [0.717, 1.165) is 17.2 Å². The predicted octanol–water partition coefficient (Wildman–Crippen LogP) is -2.05. The molecule has 1 fully saturated rings. The average Bonchev–Trinajstić information content (AvgIpc) is 3.54. The number of ether oxygens (including phenoxy) is 1. The number of aliphatic hydroxyl groups excluding tert-OH is 2. The van der Waals surface area contributed by atoms with Crippen LogP contribution in [0.3, 0.4) is 0 Å². The monoisotopic (exact) mass is 790 g/mol. The summed E-state index contributed by atoms with van der Waals surface area (Å²) in [5.74, 6) is -0.943. The Morgan fingerprint density at radius 3 is 2.39 bits per heavy atom. The van der Waals surface area contributed by atoms with E-state index in [4.69, 9.17) is 19.5 Å². The van der Waals surface area contributed by atoms with Crippen LogP contribution < -0.4 is 16.4 Å². The molecule has 2 aromatic heterocycles. The molecule has 7 atom stereocenters. The minimum atomic E-state index is -5.54. The number of rotatable bonds is 18. The minimum absolute atomic E-state index is 0. The SMILES string of the molecule is CC(C)(COP(=O)(O)OP(=O)(O)OCC1OC(n2cnc3c(N)ncnc32)C(O)C1OP(=O)(O)O)C(O)C(=O)NCCC(=O)NCCS.[Na]. The third kappa shape index (κ3) is 12.8. The standard InChI is InChI=1S/C21H36N7O16P3S.Na/c1-21(2,16(31)19(32)24-4-3-12(29)23-5-6-48)8-41-47(38,39)44-46(36,37)40-7-11-15(43-45(33,34)35)14(30)20(42-11)28-10-27-13-17(22)25-9-26-18(13)28;/h9-11,14-16,20,30-31,48H,3-8H2,1-2H3,(H,23,29)(H,24,32)(H,36,37)(H,38,39)(H2,22,25,26)(H2,33,34,35);. The van der Waals surface area contributed by atoms with E-state index >= 15 is 0 Å². The zero-order valence-electron chi connectivity index (χ0n) is 26.2. The number of fused-ring (bicyclic) bond motifs is 1. The number of phosphoric acid groups is 3. The van der Waals surface area contributed by atoms with Gasteiger partial charge in [0.05, 0.1) is 19.5 Å². The second kappa shape index (κ2) is 18.1. The number of thiol groups is 1. The number of hydrogen-bond acceptors (Lipinski definition) is 17.